The van der Waals surface area contributed by atoms with Crippen LogP contribution in [0.4, 0.5) is 11.4 Å². The number of amides is 3. The Balaban J connectivity index is 1.03. The van der Waals surface area contributed by atoms with E-state index in [1.165, 1.54) is 4.90 Å². The number of imide groups is 1. The number of nitrogens with one attached hydrogen (secondary N) is 1. The molecule has 3 amide bonds. The van der Waals surface area contributed by atoms with Crippen LogP contribution in [-0.2, 0) is 9.59 Å². The highest BCUT2D eigenvalue weighted by Crippen LogP contribution is 2.65. The second-order valence-electron chi connectivity index (χ2n) is 10.1. The Morgan fingerprint density at radius 1 is 0.750 bits per heavy atom. The first-order valence-corrected chi connectivity index (χ1v) is 12.4. The molecule has 1 N–H and O–H groups in total. The third-order valence-electron chi connectivity index (χ3n) is 8.14. The van der Waals surface area contributed by atoms with E-state index < -0.39 is 0 Å². The average Bonchev–Trinajstić information content (AvgIpc) is 3.69. The molecule has 1 saturated heterocycles. The van der Waals surface area contributed by atoms with Crippen LogP contribution in [0, 0.1) is 35.5 Å². The van der Waals surface area contributed by atoms with E-state index in [1.54, 1.807) is 48.5 Å². The molecule has 2 saturated carbocycles. The summed E-state index contributed by atoms with van der Waals surface area (Å²) in [5.74, 6) is 2.03. The molecule has 3 fully saturated rings. The van der Waals surface area contributed by atoms with E-state index in [0.29, 0.717) is 34.5 Å². The van der Waals surface area contributed by atoms with Gasteiger partial charge in [0, 0.05) is 11.3 Å². The second-order valence-corrected chi connectivity index (χ2v) is 10.1. The summed E-state index contributed by atoms with van der Waals surface area (Å²) in [6.45, 7) is 0. The van der Waals surface area contributed by atoms with Gasteiger partial charge in [-0.2, -0.15) is 0 Å². The van der Waals surface area contributed by atoms with Crippen LogP contribution in [0.3, 0.4) is 0 Å². The Kier molecular flexibility index (Phi) is 4.64. The Morgan fingerprint density at radius 2 is 1.33 bits per heavy atom. The van der Waals surface area contributed by atoms with Crippen molar-refractivity contribution in [3.8, 4) is 11.5 Å². The maximum absolute atomic E-state index is 13.3. The number of anilines is 2. The Bertz CT molecular complexity index is 1360. The van der Waals surface area contributed by atoms with E-state index in [9.17, 15) is 14.4 Å². The van der Waals surface area contributed by atoms with Crippen LogP contribution in [0.25, 0.3) is 0 Å². The standard InChI is InChI=1S/C30H24N2O4/c33-28(31-18-8-12-21(13-9-18)36-20-4-2-1-3-5-20)17-6-10-19(11-7-17)32-29(34)26-22-14-15-23(25-16-24(22)25)27(26)30(32)35/h1-15,22-27H,16H2,(H,31,33)/t22-,23-,24-,25+,26-,27+/m0/s1. The third kappa shape index (κ3) is 3.28. The van der Waals surface area contributed by atoms with Gasteiger partial charge in [0.2, 0.25) is 11.8 Å². The van der Waals surface area contributed by atoms with Crippen molar-refractivity contribution >= 4 is 29.1 Å². The Labute approximate surface area is 208 Å². The monoisotopic (exact) mass is 476 g/mol. The van der Waals surface area contributed by atoms with E-state index >= 15 is 0 Å². The van der Waals surface area contributed by atoms with Gasteiger partial charge in [-0.25, -0.2) is 0 Å². The molecule has 0 spiro atoms. The minimum absolute atomic E-state index is 0.0929. The average molecular weight is 477 g/mol. The molecule has 5 aliphatic rings. The zero-order valence-corrected chi connectivity index (χ0v) is 19.4. The van der Waals surface area contributed by atoms with E-state index in [-0.39, 0.29) is 41.4 Å². The van der Waals surface area contributed by atoms with Gasteiger partial charge >= 0.3 is 0 Å². The fourth-order valence-corrected chi connectivity index (χ4v) is 6.41. The van der Waals surface area contributed by atoms with Gasteiger partial charge in [0.05, 0.1) is 17.5 Å². The summed E-state index contributed by atoms with van der Waals surface area (Å²) in [6, 6.07) is 23.3. The van der Waals surface area contributed by atoms with Crippen molar-refractivity contribution in [1.29, 1.82) is 0 Å². The molecule has 0 radical (unpaired) electrons. The molecule has 2 bridgehead atoms. The van der Waals surface area contributed by atoms with Crippen molar-refractivity contribution in [3.63, 3.8) is 0 Å². The summed E-state index contributed by atoms with van der Waals surface area (Å²) < 4.78 is 5.79. The number of hydrogen-bond acceptors (Lipinski definition) is 4. The topological polar surface area (TPSA) is 75.7 Å². The zero-order chi connectivity index (χ0) is 24.4. The largest absolute Gasteiger partial charge is 0.457 e. The first-order valence-electron chi connectivity index (χ1n) is 12.4. The number of ether oxygens (including phenoxy) is 1. The van der Waals surface area contributed by atoms with Gasteiger partial charge in [-0.15, -0.1) is 0 Å². The predicted octanol–water partition coefficient (Wildman–Crippen LogP) is 5.29. The molecule has 36 heavy (non-hydrogen) atoms. The molecule has 8 rings (SSSR count). The fourth-order valence-electron chi connectivity index (χ4n) is 6.41. The molecular formula is C30H24N2O4. The molecule has 6 nitrogen and oxygen atoms in total. The lowest BCUT2D eigenvalue weighted by molar-refractivity contribution is -0.124. The lowest BCUT2D eigenvalue weighted by Crippen LogP contribution is -2.40. The van der Waals surface area contributed by atoms with Crippen LogP contribution in [0.15, 0.2) is 91.0 Å². The maximum Gasteiger partial charge on any atom is 0.255 e. The molecule has 1 heterocycles. The van der Waals surface area contributed by atoms with Crippen molar-refractivity contribution in [2.45, 2.75) is 6.42 Å². The maximum atomic E-state index is 13.3. The minimum Gasteiger partial charge on any atom is -0.457 e. The number of carbonyl (C=O) groups excluding carboxylic acids is 3. The second kappa shape index (κ2) is 7.92. The summed E-state index contributed by atoms with van der Waals surface area (Å²) in [6.07, 6.45) is 5.48. The van der Waals surface area contributed by atoms with Crippen molar-refractivity contribution in [2.24, 2.45) is 35.5 Å². The van der Waals surface area contributed by atoms with Crippen molar-refractivity contribution in [1.82, 2.24) is 0 Å². The minimum atomic E-state index is -0.270. The smallest absolute Gasteiger partial charge is 0.255 e. The lowest BCUT2D eigenvalue weighted by atomic mass is 9.63. The molecule has 0 unspecified atom stereocenters. The van der Waals surface area contributed by atoms with Crippen LogP contribution >= 0.6 is 0 Å². The van der Waals surface area contributed by atoms with Gasteiger partial charge in [0.25, 0.3) is 5.91 Å². The van der Waals surface area contributed by atoms with E-state index in [2.05, 4.69) is 17.5 Å². The molecule has 4 aliphatic carbocycles. The summed E-state index contributed by atoms with van der Waals surface area (Å²) in [7, 11) is 0. The van der Waals surface area contributed by atoms with Crippen LogP contribution in [0.5, 0.6) is 11.5 Å². The Hall–Kier alpha value is -4.19. The molecular weight excluding hydrogens is 452 g/mol. The number of para-hydroxylation sites is 1. The van der Waals surface area contributed by atoms with Crippen LogP contribution in [0.1, 0.15) is 16.8 Å². The SMILES string of the molecule is O=C(Nc1ccc(Oc2ccccc2)cc1)c1ccc(N2C(=O)[C@@H]3[C@H]4C=C[C@@H]([C@@H]5C[C@H]45)[C@@H]3C2=O)cc1. The molecule has 0 aromatic heterocycles. The number of benzene rings is 3. The third-order valence-corrected chi connectivity index (χ3v) is 8.14. The van der Waals surface area contributed by atoms with Crippen LogP contribution in [-0.4, -0.2) is 17.7 Å². The first kappa shape index (κ1) is 21.1. The first-order chi connectivity index (χ1) is 17.6. The van der Waals surface area contributed by atoms with Gasteiger partial charge in [-0.3, -0.25) is 19.3 Å². The highest BCUT2D eigenvalue weighted by atomic mass is 16.5. The van der Waals surface area contributed by atoms with E-state index in [0.717, 1.165) is 12.2 Å². The van der Waals surface area contributed by atoms with Crippen molar-refractivity contribution in [2.75, 3.05) is 10.2 Å². The molecule has 3 aromatic carbocycles. The molecule has 6 atom stereocenters. The van der Waals surface area contributed by atoms with Crippen LogP contribution in [0.2, 0.25) is 0 Å². The molecule has 3 aromatic rings. The highest BCUT2D eigenvalue weighted by Gasteiger charge is 2.67. The van der Waals surface area contributed by atoms with Gasteiger partial charge in [-0.05, 0) is 90.8 Å². The van der Waals surface area contributed by atoms with Gasteiger partial charge < -0.3 is 10.1 Å². The zero-order valence-electron chi connectivity index (χ0n) is 19.4. The fraction of sp³-hybridized carbons (Fsp3) is 0.233. The normalized spacial score (nSPS) is 29.1. The quantitative estimate of drug-likeness (QED) is 0.401. The lowest BCUT2D eigenvalue weighted by Gasteiger charge is -2.37. The highest BCUT2D eigenvalue weighted by molar-refractivity contribution is 6.22. The van der Waals surface area contributed by atoms with Gasteiger partial charge in [0.1, 0.15) is 11.5 Å². The van der Waals surface area contributed by atoms with Crippen molar-refractivity contribution < 1.29 is 19.1 Å². The number of carbonyl (C=O) groups is 3. The van der Waals surface area contributed by atoms with Crippen LogP contribution < -0.4 is 15.0 Å². The molecule has 178 valence electrons. The number of nitrogens with zero attached hydrogens (tertiary/aromatic N) is 1. The summed E-state index contributed by atoms with van der Waals surface area (Å²) in [5.41, 5.74) is 1.62. The predicted molar refractivity (Wildman–Crippen MR) is 135 cm³/mol. The summed E-state index contributed by atoms with van der Waals surface area (Å²) in [5, 5.41) is 2.88. The molecule has 6 heteroatoms. The number of allylic oxidation sites excluding steroid dienone is 2. The van der Waals surface area contributed by atoms with Gasteiger partial charge in [0.15, 0.2) is 0 Å². The molecule has 1 aliphatic heterocycles. The number of hydrogen-bond donors (Lipinski definition) is 1. The van der Waals surface area contributed by atoms with E-state index in [4.69, 9.17) is 4.74 Å². The number of rotatable bonds is 5. The van der Waals surface area contributed by atoms with Gasteiger partial charge in [-0.1, -0.05) is 30.4 Å². The Morgan fingerprint density at radius 3 is 1.94 bits per heavy atom. The summed E-state index contributed by atoms with van der Waals surface area (Å²) in [4.78, 5) is 40.7. The van der Waals surface area contributed by atoms with Crippen molar-refractivity contribution in [3.05, 3.63) is 96.6 Å². The van der Waals surface area contributed by atoms with E-state index in [1.807, 2.05) is 30.3 Å². The summed E-state index contributed by atoms with van der Waals surface area (Å²) >= 11 is 0.